The number of rotatable bonds is 4. The Kier molecular flexibility index (Phi) is 3.77. The lowest BCUT2D eigenvalue weighted by Crippen LogP contribution is -2.31. The van der Waals surface area contributed by atoms with Gasteiger partial charge < -0.3 is 0 Å². The molecule has 1 heteroatoms. The van der Waals surface area contributed by atoms with E-state index in [2.05, 4.69) is 33.4 Å². The predicted molar refractivity (Wildman–Crippen MR) is 69.2 cm³/mol. The fourth-order valence-electron chi connectivity index (χ4n) is 2.77. The van der Waals surface area contributed by atoms with Gasteiger partial charge in [-0.15, -0.1) is 6.58 Å². The van der Waals surface area contributed by atoms with Gasteiger partial charge in [-0.3, -0.25) is 4.79 Å². The molecule has 16 heavy (non-hydrogen) atoms. The summed E-state index contributed by atoms with van der Waals surface area (Å²) in [7, 11) is 0. The third-order valence-corrected chi connectivity index (χ3v) is 4.20. The van der Waals surface area contributed by atoms with E-state index in [1.807, 2.05) is 6.92 Å². The maximum atomic E-state index is 11.8. The lowest BCUT2D eigenvalue weighted by molar-refractivity contribution is -0.123. The topological polar surface area (TPSA) is 17.1 Å². The predicted octanol–water partition coefficient (Wildman–Crippen LogP) is 4.15. The summed E-state index contributed by atoms with van der Waals surface area (Å²) in [6.45, 7) is 14.4. The average Bonchev–Trinajstić information content (AvgIpc) is 2.38. The minimum Gasteiger partial charge on any atom is -0.300 e. The quantitative estimate of drug-likeness (QED) is 0.650. The molecular weight excluding hydrogens is 196 g/mol. The zero-order chi connectivity index (χ0) is 12.5. The van der Waals surface area contributed by atoms with Gasteiger partial charge in [0, 0.05) is 5.92 Å². The van der Waals surface area contributed by atoms with Crippen LogP contribution in [0.3, 0.4) is 0 Å². The smallest absolute Gasteiger partial charge is 0.133 e. The molecule has 1 nitrogen and oxygen atoms in total. The molecule has 0 bridgehead atoms. The summed E-state index contributed by atoms with van der Waals surface area (Å²) in [5.74, 6) is 0.895. The maximum Gasteiger partial charge on any atom is 0.133 e. The molecule has 0 fully saturated rings. The molecule has 1 aliphatic carbocycles. The third kappa shape index (κ3) is 2.45. The van der Waals surface area contributed by atoms with E-state index in [4.69, 9.17) is 0 Å². The molecular formula is C15H24O. The fraction of sp³-hybridized carbons (Fsp3) is 0.667. The van der Waals surface area contributed by atoms with Crippen molar-refractivity contribution in [1.29, 1.82) is 0 Å². The summed E-state index contributed by atoms with van der Waals surface area (Å²) < 4.78 is 0. The Bertz CT molecular complexity index is 333. The third-order valence-electron chi connectivity index (χ3n) is 4.20. The van der Waals surface area contributed by atoms with Crippen molar-refractivity contribution in [1.82, 2.24) is 0 Å². The molecule has 0 radical (unpaired) electrons. The van der Waals surface area contributed by atoms with Crippen LogP contribution in [0.4, 0.5) is 0 Å². The van der Waals surface area contributed by atoms with Crippen LogP contribution in [0.1, 0.15) is 47.5 Å². The van der Waals surface area contributed by atoms with Gasteiger partial charge in [0.15, 0.2) is 0 Å². The van der Waals surface area contributed by atoms with Gasteiger partial charge in [-0.2, -0.15) is 0 Å². The van der Waals surface area contributed by atoms with E-state index in [-0.39, 0.29) is 11.3 Å². The number of carbonyl (C=O) groups is 1. The summed E-state index contributed by atoms with van der Waals surface area (Å²) in [6.07, 6.45) is 4.17. The van der Waals surface area contributed by atoms with Crippen molar-refractivity contribution < 1.29 is 4.79 Å². The van der Waals surface area contributed by atoms with Gasteiger partial charge in [0.05, 0.1) is 0 Å². The number of hydrogen-bond donors (Lipinski definition) is 0. The number of hydrogen-bond acceptors (Lipinski definition) is 1. The van der Waals surface area contributed by atoms with Gasteiger partial charge in [0.2, 0.25) is 0 Å². The minimum atomic E-state index is 0.140. The van der Waals surface area contributed by atoms with Gasteiger partial charge in [-0.25, -0.2) is 0 Å². The Balaban J connectivity index is 2.90. The van der Waals surface area contributed by atoms with Crippen LogP contribution in [0.15, 0.2) is 23.8 Å². The lowest BCUT2D eigenvalue weighted by atomic mass is 9.69. The Morgan fingerprint density at radius 3 is 2.44 bits per heavy atom. The van der Waals surface area contributed by atoms with Crippen LogP contribution in [-0.4, -0.2) is 5.78 Å². The molecule has 0 N–H and O–H groups in total. The standard InChI is InChI=1S/C15H24O/c1-10(2)9-13(12(4)16)14-8-7-11(3)15(14,5)6/h7,13-14H,1,8-9H2,2-6H3. The van der Waals surface area contributed by atoms with Crippen molar-refractivity contribution in [3.05, 3.63) is 23.8 Å². The number of allylic oxidation sites excluding steroid dienone is 3. The molecule has 0 aromatic heterocycles. The molecule has 1 aliphatic rings. The summed E-state index contributed by atoms with van der Waals surface area (Å²) in [6, 6.07) is 0. The number of ketones is 1. The monoisotopic (exact) mass is 220 g/mol. The van der Waals surface area contributed by atoms with Gasteiger partial charge >= 0.3 is 0 Å². The van der Waals surface area contributed by atoms with Crippen molar-refractivity contribution in [3.63, 3.8) is 0 Å². The Hall–Kier alpha value is -0.850. The molecule has 0 aromatic carbocycles. The molecule has 0 aromatic rings. The summed E-state index contributed by atoms with van der Waals surface area (Å²) in [4.78, 5) is 11.8. The first-order chi connectivity index (χ1) is 7.26. The van der Waals surface area contributed by atoms with E-state index in [9.17, 15) is 4.79 Å². The first-order valence-corrected chi connectivity index (χ1v) is 6.09. The molecule has 2 unspecified atom stereocenters. The first kappa shape index (κ1) is 13.2. The molecule has 0 aliphatic heterocycles. The highest BCUT2D eigenvalue weighted by Crippen LogP contribution is 2.48. The van der Waals surface area contributed by atoms with Crippen LogP contribution >= 0.6 is 0 Å². The molecule has 0 heterocycles. The van der Waals surface area contributed by atoms with Crippen molar-refractivity contribution in [3.8, 4) is 0 Å². The summed E-state index contributed by atoms with van der Waals surface area (Å²) >= 11 is 0. The second kappa shape index (κ2) is 4.57. The lowest BCUT2D eigenvalue weighted by Gasteiger charge is -2.35. The van der Waals surface area contributed by atoms with Crippen LogP contribution in [0, 0.1) is 17.3 Å². The number of Topliss-reactive ketones (excluding diaryl/α,β-unsaturated/α-hetero) is 1. The molecule has 2 atom stereocenters. The Morgan fingerprint density at radius 2 is 2.12 bits per heavy atom. The normalized spacial score (nSPS) is 25.1. The van der Waals surface area contributed by atoms with E-state index in [1.165, 1.54) is 5.57 Å². The van der Waals surface area contributed by atoms with Gasteiger partial charge in [-0.05, 0) is 44.9 Å². The van der Waals surface area contributed by atoms with Crippen molar-refractivity contribution >= 4 is 5.78 Å². The Morgan fingerprint density at radius 1 is 1.56 bits per heavy atom. The van der Waals surface area contributed by atoms with E-state index in [1.54, 1.807) is 6.92 Å². The molecule has 0 spiro atoms. The molecule has 0 saturated heterocycles. The van der Waals surface area contributed by atoms with E-state index >= 15 is 0 Å². The van der Waals surface area contributed by atoms with Crippen LogP contribution in [0.2, 0.25) is 0 Å². The maximum absolute atomic E-state index is 11.8. The van der Waals surface area contributed by atoms with Crippen LogP contribution in [0.25, 0.3) is 0 Å². The second-order valence-corrected chi connectivity index (χ2v) is 5.83. The van der Waals surface area contributed by atoms with Gasteiger partial charge in [-0.1, -0.05) is 31.1 Å². The van der Waals surface area contributed by atoms with Crippen LogP contribution < -0.4 is 0 Å². The van der Waals surface area contributed by atoms with E-state index in [0.29, 0.717) is 11.7 Å². The summed E-state index contributed by atoms with van der Waals surface area (Å²) in [5.41, 5.74) is 2.69. The van der Waals surface area contributed by atoms with Crippen LogP contribution in [-0.2, 0) is 4.79 Å². The largest absolute Gasteiger partial charge is 0.300 e. The molecule has 1 rings (SSSR count). The van der Waals surface area contributed by atoms with Crippen LogP contribution in [0.5, 0.6) is 0 Å². The van der Waals surface area contributed by atoms with Gasteiger partial charge in [0.25, 0.3) is 0 Å². The fourth-order valence-corrected chi connectivity index (χ4v) is 2.77. The summed E-state index contributed by atoms with van der Waals surface area (Å²) in [5, 5.41) is 0. The first-order valence-electron chi connectivity index (χ1n) is 6.09. The van der Waals surface area contributed by atoms with Crippen molar-refractivity contribution in [2.24, 2.45) is 17.3 Å². The van der Waals surface area contributed by atoms with E-state index < -0.39 is 0 Å². The zero-order valence-electron chi connectivity index (χ0n) is 11.3. The molecule has 0 saturated carbocycles. The van der Waals surface area contributed by atoms with Crippen molar-refractivity contribution in [2.75, 3.05) is 0 Å². The minimum absolute atomic E-state index is 0.140. The second-order valence-electron chi connectivity index (χ2n) is 5.83. The number of carbonyl (C=O) groups excluding carboxylic acids is 1. The van der Waals surface area contributed by atoms with E-state index in [0.717, 1.165) is 18.4 Å². The highest BCUT2D eigenvalue weighted by molar-refractivity contribution is 5.79. The Labute approximate surface area is 99.6 Å². The highest BCUT2D eigenvalue weighted by atomic mass is 16.1. The molecule has 0 amide bonds. The average molecular weight is 220 g/mol. The highest BCUT2D eigenvalue weighted by Gasteiger charge is 2.41. The van der Waals surface area contributed by atoms with Crippen molar-refractivity contribution in [2.45, 2.75) is 47.5 Å². The molecule has 90 valence electrons. The zero-order valence-corrected chi connectivity index (χ0v) is 11.3. The van der Waals surface area contributed by atoms with Gasteiger partial charge in [0.1, 0.15) is 5.78 Å². The SMILES string of the molecule is C=C(C)CC(C(C)=O)C1CC=C(C)C1(C)C.